The summed E-state index contributed by atoms with van der Waals surface area (Å²) in [6.45, 7) is 6.35. The van der Waals surface area contributed by atoms with E-state index in [1.165, 1.54) is 5.56 Å². The molecule has 2 heterocycles. The summed E-state index contributed by atoms with van der Waals surface area (Å²) in [6, 6.07) is 6.09. The summed E-state index contributed by atoms with van der Waals surface area (Å²) in [6.07, 6.45) is 2.02. The highest BCUT2D eigenvalue weighted by Crippen LogP contribution is 2.32. The third kappa shape index (κ3) is 5.42. The molecular weight excluding hydrogens is 471 g/mol. The minimum atomic E-state index is 0. The Morgan fingerprint density at radius 3 is 2.54 bits per heavy atom. The van der Waals surface area contributed by atoms with Crippen LogP contribution >= 0.6 is 24.0 Å². The van der Waals surface area contributed by atoms with Crippen molar-refractivity contribution in [2.45, 2.75) is 31.8 Å². The van der Waals surface area contributed by atoms with Crippen molar-refractivity contribution in [2.75, 3.05) is 54.2 Å². The van der Waals surface area contributed by atoms with Crippen LogP contribution in [0.15, 0.2) is 23.2 Å². The van der Waals surface area contributed by atoms with Crippen molar-refractivity contribution in [2.24, 2.45) is 4.99 Å². The van der Waals surface area contributed by atoms with Crippen molar-refractivity contribution in [3.63, 3.8) is 0 Å². The minimum Gasteiger partial charge on any atom is -0.454 e. The van der Waals surface area contributed by atoms with Crippen molar-refractivity contribution in [1.82, 2.24) is 15.1 Å². The first kappa shape index (κ1) is 23.0. The molecule has 1 aromatic carbocycles. The van der Waals surface area contributed by atoms with E-state index in [0.717, 1.165) is 63.1 Å². The van der Waals surface area contributed by atoms with Gasteiger partial charge in [0, 0.05) is 38.9 Å². The van der Waals surface area contributed by atoms with E-state index >= 15 is 0 Å². The lowest BCUT2D eigenvalue weighted by Crippen LogP contribution is -2.51. The van der Waals surface area contributed by atoms with E-state index in [1.54, 1.807) is 0 Å². The Hall–Kier alpha value is -1.26. The van der Waals surface area contributed by atoms with Gasteiger partial charge in [0.15, 0.2) is 17.5 Å². The molecule has 0 radical (unpaired) electrons. The molecule has 3 rings (SSSR count). The van der Waals surface area contributed by atoms with Crippen LogP contribution in [0.1, 0.15) is 25.3 Å². The monoisotopic (exact) mass is 504 g/mol. The second-order valence-corrected chi connectivity index (χ2v) is 7.44. The number of guanidine groups is 1. The average Bonchev–Trinajstić information content (AvgIpc) is 3.13. The van der Waals surface area contributed by atoms with Crippen LogP contribution in [0.25, 0.3) is 0 Å². The Morgan fingerprint density at radius 2 is 1.86 bits per heavy atom. The fourth-order valence-electron chi connectivity index (χ4n) is 3.58. The third-order valence-electron chi connectivity index (χ3n) is 5.45. The van der Waals surface area contributed by atoms with E-state index < -0.39 is 0 Å². The molecule has 1 saturated heterocycles. The van der Waals surface area contributed by atoms with Gasteiger partial charge < -0.3 is 29.3 Å². The van der Waals surface area contributed by atoms with Gasteiger partial charge in [0.25, 0.3) is 0 Å². The normalized spacial score (nSPS) is 18.0. The third-order valence-corrected chi connectivity index (χ3v) is 5.45. The molecule has 2 aliphatic rings. The smallest absolute Gasteiger partial charge is 0.231 e. The van der Waals surface area contributed by atoms with Gasteiger partial charge in [-0.15, -0.1) is 24.0 Å². The second kappa shape index (κ2) is 10.5. The summed E-state index contributed by atoms with van der Waals surface area (Å²) in [7, 11) is 6.35. The number of halogens is 1. The molecule has 0 bridgehead atoms. The van der Waals surface area contributed by atoms with E-state index in [2.05, 4.69) is 49.2 Å². The number of fused-ring (bicyclic) bond motifs is 1. The summed E-state index contributed by atoms with van der Waals surface area (Å²) >= 11 is 0. The van der Waals surface area contributed by atoms with Crippen molar-refractivity contribution in [3.8, 4) is 11.5 Å². The summed E-state index contributed by atoms with van der Waals surface area (Å²) in [5, 5.41) is 3.42. The molecule has 0 aliphatic carbocycles. The molecular formula is C20H33IN4O3. The Bertz CT molecular complexity index is 663. The molecule has 1 fully saturated rings. The lowest BCUT2D eigenvalue weighted by Gasteiger charge is -2.42. The number of nitrogens with zero attached hydrogens (tertiary/aromatic N) is 3. The molecule has 1 N–H and O–H groups in total. The van der Waals surface area contributed by atoms with Gasteiger partial charge in [-0.05, 0) is 51.6 Å². The number of benzene rings is 1. The number of aliphatic imine (C=N–C) groups is 1. The lowest BCUT2D eigenvalue weighted by molar-refractivity contribution is -0.00262. The van der Waals surface area contributed by atoms with Gasteiger partial charge in [0.05, 0.1) is 6.54 Å². The zero-order chi connectivity index (χ0) is 19.3. The fourth-order valence-corrected chi connectivity index (χ4v) is 3.58. The lowest BCUT2D eigenvalue weighted by atomic mass is 9.89. The maximum absolute atomic E-state index is 5.57. The second-order valence-electron chi connectivity index (χ2n) is 7.44. The van der Waals surface area contributed by atoms with Crippen molar-refractivity contribution in [3.05, 3.63) is 23.8 Å². The molecule has 0 saturated carbocycles. The van der Waals surface area contributed by atoms with E-state index in [1.807, 2.05) is 12.1 Å². The molecule has 2 aliphatic heterocycles. The van der Waals surface area contributed by atoms with Crippen LogP contribution in [0.4, 0.5) is 0 Å². The van der Waals surface area contributed by atoms with Crippen LogP contribution < -0.4 is 14.8 Å². The van der Waals surface area contributed by atoms with Crippen molar-refractivity contribution >= 4 is 29.9 Å². The summed E-state index contributed by atoms with van der Waals surface area (Å²) in [4.78, 5) is 9.44. The molecule has 0 atom stereocenters. The molecule has 8 heteroatoms. The SMILES string of the molecule is CCNC(=NCC1(N(C)C)CCOCC1)N(C)Cc1ccc2c(c1)OCO2.I. The Labute approximate surface area is 185 Å². The first-order valence-corrected chi connectivity index (χ1v) is 9.67. The summed E-state index contributed by atoms with van der Waals surface area (Å²) < 4.78 is 16.5. The molecule has 0 spiro atoms. The van der Waals surface area contributed by atoms with Gasteiger partial charge in [-0.2, -0.15) is 0 Å². The highest BCUT2D eigenvalue weighted by Gasteiger charge is 2.34. The maximum atomic E-state index is 5.57. The van der Waals surface area contributed by atoms with Gasteiger partial charge in [-0.3, -0.25) is 4.99 Å². The van der Waals surface area contributed by atoms with Crippen LogP contribution in [0.3, 0.4) is 0 Å². The first-order chi connectivity index (χ1) is 13.0. The Morgan fingerprint density at radius 1 is 1.14 bits per heavy atom. The van der Waals surface area contributed by atoms with Crippen LogP contribution in [0.5, 0.6) is 11.5 Å². The fraction of sp³-hybridized carbons (Fsp3) is 0.650. The predicted octanol–water partition coefficient (Wildman–Crippen LogP) is 2.54. The predicted molar refractivity (Wildman–Crippen MR) is 122 cm³/mol. The highest BCUT2D eigenvalue weighted by molar-refractivity contribution is 14.0. The van der Waals surface area contributed by atoms with Gasteiger partial charge >= 0.3 is 0 Å². The maximum Gasteiger partial charge on any atom is 0.231 e. The number of hydrogen-bond donors (Lipinski definition) is 1. The number of ether oxygens (including phenoxy) is 3. The summed E-state index contributed by atoms with van der Waals surface area (Å²) in [5.74, 6) is 2.55. The average molecular weight is 504 g/mol. The van der Waals surface area contributed by atoms with E-state index in [0.29, 0.717) is 6.79 Å². The van der Waals surface area contributed by atoms with E-state index in [9.17, 15) is 0 Å². The molecule has 0 unspecified atom stereocenters. The number of likely N-dealkylation sites (N-methyl/N-ethyl adjacent to an activating group) is 1. The largest absolute Gasteiger partial charge is 0.454 e. The van der Waals surface area contributed by atoms with Gasteiger partial charge in [0.1, 0.15) is 0 Å². The van der Waals surface area contributed by atoms with Crippen LogP contribution in [-0.4, -0.2) is 75.5 Å². The Balaban J connectivity index is 0.00000280. The number of nitrogens with one attached hydrogen (secondary N) is 1. The first-order valence-electron chi connectivity index (χ1n) is 9.67. The molecule has 7 nitrogen and oxygen atoms in total. The van der Waals surface area contributed by atoms with Crippen LogP contribution in [0, 0.1) is 0 Å². The van der Waals surface area contributed by atoms with E-state index in [4.69, 9.17) is 19.2 Å². The van der Waals surface area contributed by atoms with E-state index in [-0.39, 0.29) is 29.5 Å². The van der Waals surface area contributed by atoms with Gasteiger partial charge in [0.2, 0.25) is 6.79 Å². The highest BCUT2D eigenvalue weighted by atomic mass is 127. The quantitative estimate of drug-likeness (QED) is 0.365. The molecule has 158 valence electrons. The zero-order valence-corrected chi connectivity index (χ0v) is 19.7. The van der Waals surface area contributed by atoms with Crippen LogP contribution in [-0.2, 0) is 11.3 Å². The summed E-state index contributed by atoms with van der Waals surface area (Å²) in [5.41, 5.74) is 1.24. The standard InChI is InChI=1S/C20H32N4O3.HI/c1-5-21-19(22-14-20(23(2)3)8-10-25-11-9-20)24(4)13-16-6-7-17-18(12-16)27-15-26-17;/h6-7,12H,5,8-11,13-15H2,1-4H3,(H,21,22);1H. The molecule has 0 amide bonds. The Kier molecular flexibility index (Phi) is 8.63. The van der Waals surface area contributed by atoms with Gasteiger partial charge in [-0.1, -0.05) is 6.07 Å². The van der Waals surface area contributed by atoms with Gasteiger partial charge in [-0.25, -0.2) is 0 Å². The zero-order valence-electron chi connectivity index (χ0n) is 17.4. The van der Waals surface area contributed by atoms with Crippen molar-refractivity contribution < 1.29 is 14.2 Å². The van der Waals surface area contributed by atoms with Crippen LogP contribution in [0.2, 0.25) is 0 Å². The number of hydrogen-bond acceptors (Lipinski definition) is 5. The molecule has 28 heavy (non-hydrogen) atoms. The molecule has 1 aromatic rings. The van der Waals surface area contributed by atoms with Crippen molar-refractivity contribution in [1.29, 1.82) is 0 Å². The minimum absolute atomic E-state index is 0. The number of rotatable bonds is 6. The molecule has 0 aromatic heterocycles. The topological polar surface area (TPSA) is 58.6 Å².